The molecule has 0 radical (unpaired) electrons. The van der Waals surface area contributed by atoms with Gasteiger partial charge in [0.2, 0.25) is 12.7 Å². The number of hydrogen-bond donors (Lipinski definition) is 0. The molecule has 2 aromatic rings. The fourth-order valence-electron chi connectivity index (χ4n) is 2.21. The van der Waals surface area contributed by atoms with Gasteiger partial charge in [-0.3, -0.25) is 0 Å². The van der Waals surface area contributed by atoms with E-state index in [4.69, 9.17) is 21.1 Å². The average Bonchev–Trinajstić information content (AvgIpc) is 2.53. The van der Waals surface area contributed by atoms with Gasteiger partial charge in [0.05, 0.1) is 18.4 Å². The molecule has 0 saturated carbocycles. The van der Waals surface area contributed by atoms with Gasteiger partial charge < -0.3 is 9.47 Å². The van der Waals surface area contributed by atoms with Crippen LogP contribution in [0.25, 0.3) is 6.08 Å². The zero-order chi connectivity index (χ0) is 15.5. The molecule has 1 aromatic heterocycles. The van der Waals surface area contributed by atoms with E-state index >= 15 is 0 Å². The standard InChI is InChI=1S/C16H14ClN2O3/c1-21-12-4-2-11(3-5-12)10-22-15-8-16(17)18-14-6-7-19(20)9-13(14)15/h2-8H,9-10H2,1H3/q+1. The predicted molar refractivity (Wildman–Crippen MR) is 82.9 cm³/mol. The Morgan fingerprint density at radius 3 is 2.82 bits per heavy atom. The summed E-state index contributed by atoms with van der Waals surface area (Å²) in [7, 11) is 1.62. The normalized spacial score (nSPS) is 12.9. The highest BCUT2D eigenvalue weighted by Gasteiger charge is 2.22. The van der Waals surface area contributed by atoms with E-state index in [1.807, 2.05) is 24.3 Å². The first-order valence-corrected chi connectivity index (χ1v) is 7.10. The average molecular weight is 318 g/mol. The Morgan fingerprint density at radius 2 is 2.09 bits per heavy atom. The zero-order valence-corrected chi connectivity index (χ0v) is 12.7. The van der Waals surface area contributed by atoms with Crippen molar-refractivity contribution in [3.05, 3.63) is 63.4 Å². The molecule has 112 valence electrons. The van der Waals surface area contributed by atoms with Crippen molar-refractivity contribution < 1.29 is 14.2 Å². The van der Waals surface area contributed by atoms with Crippen molar-refractivity contribution in [3.8, 4) is 11.5 Å². The molecule has 0 spiro atoms. The molecule has 22 heavy (non-hydrogen) atoms. The van der Waals surface area contributed by atoms with E-state index in [9.17, 15) is 4.91 Å². The number of methoxy groups -OCH3 is 1. The molecule has 0 aliphatic carbocycles. The van der Waals surface area contributed by atoms with E-state index in [2.05, 4.69) is 4.98 Å². The van der Waals surface area contributed by atoms with Crippen molar-refractivity contribution in [2.45, 2.75) is 13.2 Å². The molecule has 1 aromatic carbocycles. The lowest BCUT2D eigenvalue weighted by molar-refractivity contribution is -0.496. The molecular formula is C16H14ClN2O3+. The lowest BCUT2D eigenvalue weighted by Gasteiger charge is -2.13. The van der Waals surface area contributed by atoms with E-state index < -0.39 is 0 Å². The van der Waals surface area contributed by atoms with Crippen LogP contribution in [0.4, 0.5) is 0 Å². The van der Waals surface area contributed by atoms with Gasteiger partial charge in [0, 0.05) is 21.8 Å². The molecule has 0 unspecified atom stereocenters. The molecule has 0 saturated heterocycles. The van der Waals surface area contributed by atoms with Gasteiger partial charge in [0.1, 0.15) is 23.3 Å². The number of aromatic nitrogens is 1. The first-order chi connectivity index (χ1) is 10.7. The van der Waals surface area contributed by atoms with Gasteiger partial charge in [0.15, 0.2) is 0 Å². The third-order valence-electron chi connectivity index (χ3n) is 3.35. The molecule has 0 atom stereocenters. The lowest BCUT2D eigenvalue weighted by Crippen LogP contribution is -2.10. The van der Waals surface area contributed by atoms with Crippen LogP contribution in [-0.2, 0) is 13.2 Å². The molecular weight excluding hydrogens is 304 g/mol. The smallest absolute Gasteiger partial charge is 0.229 e. The number of rotatable bonds is 4. The van der Waals surface area contributed by atoms with E-state index in [1.165, 1.54) is 6.20 Å². The molecule has 5 nitrogen and oxygen atoms in total. The summed E-state index contributed by atoms with van der Waals surface area (Å²) in [6.45, 7) is 0.577. The van der Waals surface area contributed by atoms with Crippen LogP contribution in [0.5, 0.6) is 11.5 Å². The molecule has 0 amide bonds. The molecule has 1 aliphatic rings. The van der Waals surface area contributed by atoms with Crippen molar-refractivity contribution in [2.75, 3.05) is 7.11 Å². The number of ether oxygens (including phenoxy) is 2. The van der Waals surface area contributed by atoms with Crippen molar-refractivity contribution >= 4 is 17.7 Å². The van der Waals surface area contributed by atoms with Gasteiger partial charge in [0.25, 0.3) is 0 Å². The van der Waals surface area contributed by atoms with Crippen molar-refractivity contribution in [1.82, 2.24) is 4.98 Å². The second kappa shape index (κ2) is 6.15. The number of nitroso groups, excluding NO2 is 1. The number of nitrogens with zero attached hydrogens (tertiary/aromatic N) is 2. The maximum atomic E-state index is 11.5. The van der Waals surface area contributed by atoms with Crippen LogP contribution >= 0.6 is 11.6 Å². The Morgan fingerprint density at radius 1 is 1.32 bits per heavy atom. The van der Waals surface area contributed by atoms with Crippen LogP contribution in [-0.4, -0.2) is 16.9 Å². The van der Waals surface area contributed by atoms with Crippen molar-refractivity contribution in [3.63, 3.8) is 0 Å². The summed E-state index contributed by atoms with van der Waals surface area (Å²) in [5, 5.41) is 0.340. The number of halogens is 1. The highest BCUT2D eigenvalue weighted by atomic mass is 35.5. The van der Waals surface area contributed by atoms with E-state index in [1.54, 1.807) is 19.3 Å². The van der Waals surface area contributed by atoms with Gasteiger partial charge in [-0.05, 0) is 17.7 Å². The summed E-state index contributed by atoms with van der Waals surface area (Å²) in [6.07, 6.45) is 3.07. The summed E-state index contributed by atoms with van der Waals surface area (Å²) in [5.74, 6) is 1.37. The molecule has 0 N–H and O–H groups in total. The highest BCUT2D eigenvalue weighted by molar-refractivity contribution is 6.29. The largest absolute Gasteiger partial charge is 0.497 e. The van der Waals surface area contributed by atoms with Crippen molar-refractivity contribution in [2.24, 2.45) is 0 Å². The molecule has 3 rings (SSSR count). The van der Waals surface area contributed by atoms with E-state index in [-0.39, 0.29) is 6.54 Å². The van der Waals surface area contributed by atoms with Crippen LogP contribution in [0.3, 0.4) is 0 Å². The SMILES string of the molecule is COc1ccc(COc2cc(Cl)nc3c2C[N+](=O)C=C3)cc1. The maximum Gasteiger partial charge on any atom is 0.229 e. The lowest BCUT2D eigenvalue weighted by atomic mass is 10.1. The summed E-state index contributed by atoms with van der Waals surface area (Å²) in [5.41, 5.74) is 2.41. The highest BCUT2D eigenvalue weighted by Crippen LogP contribution is 2.29. The first-order valence-electron chi connectivity index (χ1n) is 6.73. The van der Waals surface area contributed by atoms with E-state index in [0.29, 0.717) is 23.2 Å². The number of hydrogen-bond acceptors (Lipinski definition) is 4. The Balaban J connectivity index is 1.81. The summed E-state index contributed by atoms with van der Waals surface area (Å²) in [4.78, 5) is 15.7. The van der Waals surface area contributed by atoms with Gasteiger partial charge in [-0.1, -0.05) is 23.7 Å². The number of benzene rings is 1. The molecule has 6 heteroatoms. The predicted octanol–water partition coefficient (Wildman–Crippen LogP) is 3.59. The Labute approximate surface area is 132 Å². The van der Waals surface area contributed by atoms with Crippen LogP contribution in [0, 0.1) is 4.91 Å². The minimum Gasteiger partial charge on any atom is -0.497 e. The fourth-order valence-corrected chi connectivity index (χ4v) is 2.40. The van der Waals surface area contributed by atoms with E-state index in [0.717, 1.165) is 21.6 Å². The number of fused-ring (bicyclic) bond motifs is 1. The minimum atomic E-state index is 0.202. The first kappa shape index (κ1) is 14.5. The zero-order valence-electron chi connectivity index (χ0n) is 12.0. The minimum absolute atomic E-state index is 0.202. The summed E-state index contributed by atoms with van der Waals surface area (Å²) < 4.78 is 11.8. The Kier molecular flexibility index (Phi) is 4.06. The van der Waals surface area contributed by atoms with Crippen LogP contribution in [0.1, 0.15) is 16.8 Å². The van der Waals surface area contributed by atoms with Gasteiger partial charge in [-0.25, -0.2) is 4.98 Å². The third kappa shape index (κ3) is 3.09. The van der Waals surface area contributed by atoms with Gasteiger partial charge >= 0.3 is 0 Å². The van der Waals surface area contributed by atoms with Crippen LogP contribution < -0.4 is 9.47 Å². The summed E-state index contributed by atoms with van der Waals surface area (Å²) >= 11 is 6.01. The molecule has 0 bridgehead atoms. The summed E-state index contributed by atoms with van der Waals surface area (Å²) in [6, 6.07) is 9.23. The third-order valence-corrected chi connectivity index (χ3v) is 3.54. The second-order valence-corrected chi connectivity index (χ2v) is 5.22. The maximum absolute atomic E-state index is 11.5. The Bertz CT molecular complexity index is 742. The topological polar surface area (TPSA) is 51.4 Å². The quantitative estimate of drug-likeness (QED) is 0.639. The van der Waals surface area contributed by atoms with Crippen molar-refractivity contribution in [1.29, 1.82) is 0 Å². The monoisotopic (exact) mass is 317 g/mol. The van der Waals surface area contributed by atoms with Crippen LogP contribution in [0.2, 0.25) is 5.15 Å². The fraction of sp³-hybridized carbons (Fsp3) is 0.188. The van der Waals surface area contributed by atoms with Crippen LogP contribution in [0.15, 0.2) is 36.5 Å². The second-order valence-electron chi connectivity index (χ2n) is 4.83. The molecule has 2 heterocycles. The molecule has 0 fully saturated rings. The van der Waals surface area contributed by atoms with Gasteiger partial charge in [-0.2, -0.15) is 0 Å². The Hall–Kier alpha value is -2.40. The molecule has 1 aliphatic heterocycles. The number of pyridine rings is 1. The van der Waals surface area contributed by atoms with Gasteiger partial charge in [-0.15, -0.1) is 0 Å².